The number of pyridine rings is 1. The van der Waals surface area contributed by atoms with E-state index >= 15 is 0 Å². The van der Waals surface area contributed by atoms with Crippen molar-refractivity contribution in [2.24, 2.45) is 0 Å². The molecule has 1 atom stereocenters. The third kappa shape index (κ3) is 6.34. The SMILES string of the molecule is Cc1ccc(S(=O)(=O)Nc2ccc(Sc3ccc(C(=O)NC[C@H]4CCCO4)cn3)cc2)cc1. The predicted molar refractivity (Wildman–Crippen MR) is 128 cm³/mol. The van der Waals surface area contributed by atoms with E-state index in [-0.39, 0.29) is 16.9 Å². The zero-order chi connectivity index (χ0) is 23.3. The molecule has 4 rings (SSSR count). The van der Waals surface area contributed by atoms with Crippen LogP contribution in [0.1, 0.15) is 28.8 Å². The fourth-order valence-electron chi connectivity index (χ4n) is 3.33. The van der Waals surface area contributed by atoms with E-state index in [4.69, 9.17) is 4.74 Å². The van der Waals surface area contributed by atoms with Gasteiger partial charge < -0.3 is 10.1 Å². The first-order chi connectivity index (χ1) is 15.9. The maximum Gasteiger partial charge on any atom is 0.261 e. The van der Waals surface area contributed by atoms with E-state index in [0.717, 1.165) is 34.9 Å². The number of hydrogen-bond donors (Lipinski definition) is 2. The summed E-state index contributed by atoms with van der Waals surface area (Å²) in [5.41, 5.74) is 1.97. The van der Waals surface area contributed by atoms with Gasteiger partial charge in [-0.15, -0.1) is 0 Å². The van der Waals surface area contributed by atoms with Crippen LogP contribution in [0.2, 0.25) is 0 Å². The Morgan fingerprint density at radius 2 is 1.85 bits per heavy atom. The van der Waals surface area contributed by atoms with Gasteiger partial charge in [-0.3, -0.25) is 9.52 Å². The molecule has 0 bridgehead atoms. The molecule has 2 aromatic carbocycles. The molecule has 1 aliphatic rings. The number of carbonyl (C=O) groups excluding carboxylic acids is 1. The largest absolute Gasteiger partial charge is 0.376 e. The van der Waals surface area contributed by atoms with Gasteiger partial charge in [0.05, 0.1) is 16.6 Å². The van der Waals surface area contributed by atoms with Gasteiger partial charge in [0.25, 0.3) is 15.9 Å². The van der Waals surface area contributed by atoms with E-state index in [2.05, 4.69) is 15.0 Å². The number of ether oxygens (including phenoxy) is 1. The molecule has 1 saturated heterocycles. The normalized spacial score (nSPS) is 15.8. The Balaban J connectivity index is 1.33. The molecule has 2 heterocycles. The second-order valence-electron chi connectivity index (χ2n) is 7.78. The van der Waals surface area contributed by atoms with Gasteiger partial charge in [0.1, 0.15) is 5.03 Å². The number of benzene rings is 2. The lowest BCUT2D eigenvalue weighted by Gasteiger charge is -2.11. The molecule has 33 heavy (non-hydrogen) atoms. The topological polar surface area (TPSA) is 97.4 Å². The van der Waals surface area contributed by atoms with Crippen LogP contribution in [0.4, 0.5) is 5.69 Å². The number of rotatable bonds is 8. The van der Waals surface area contributed by atoms with Crippen molar-refractivity contribution in [2.45, 2.75) is 40.7 Å². The van der Waals surface area contributed by atoms with E-state index in [0.29, 0.717) is 17.8 Å². The molecule has 2 N–H and O–H groups in total. The lowest BCUT2D eigenvalue weighted by molar-refractivity contribution is 0.0857. The van der Waals surface area contributed by atoms with Crippen LogP contribution in [0, 0.1) is 6.92 Å². The summed E-state index contributed by atoms with van der Waals surface area (Å²) in [5, 5.41) is 3.62. The number of nitrogens with zero attached hydrogens (tertiary/aromatic N) is 1. The number of nitrogens with one attached hydrogen (secondary N) is 2. The van der Waals surface area contributed by atoms with Crippen LogP contribution in [0.3, 0.4) is 0 Å². The van der Waals surface area contributed by atoms with Crippen molar-refractivity contribution >= 4 is 33.4 Å². The molecule has 0 aliphatic carbocycles. The van der Waals surface area contributed by atoms with Crippen LogP contribution in [-0.2, 0) is 14.8 Å². The van der Waals surface area contributed by atoms with E-state index < -0.39 is 10.0 Å². The second kappa shape index (κ2) is 10.4. The molecule has 3 aromatic rings. The minimum atomic E-state index is -3.64. The monoisotopic (exact) mass is 483 g/mol. The van der Waals surface area contributed by atoms with Gasteiger partial charge >= 0.3 is 0 Å². The van der Waals surface area contributed by atoms with Crippen LogP contribution in [-0.4, -0.2) is 38.6 Å². The molecular weight excluding hydrogens is 458 g/mol. The summed E-state index contributed by atoms with van der Waals surface area (Å²) < 4.78 is 33.2. The van der Waals surface area contributed by atoms with Crippen molar-refractivity contribution in [1.82, 2.24) is 10.3 Å². The number of carbonyl (C=O) groups is 1. The fraction of sp³-hybridized carbons (Fsp3) is 0.250. The van der Waals surface area contributed by atoms with E-state index in [1.165, 1.54) is 11.8 Å². The van der Waals surface area contributed by atoms with E-state index in [9.17, 15) is 13.2 Å². The average molecular weight is 484 g/mol. The number of anilines is 1. The number of aromatic nitrogens is 1. The van der Waals surface area contributed by atoms with E-state index in [1.54, 1.807) is 54.7 Å². The first-order valence-electron chi connectivity index (χ1n) is 10.6. The Bertz CT molecular complexity index is 1190. The highest BCUT2D eigenvalue weighted by Crippen LogP contribution is 2.28. The van der Waals surface area contributed by atoms with Gasteiger partial charge in [-0.25, -0.2) is 13.4 Å². The highest BCUT2D eigenvalue weighted by Gasteiger charge is 2.17. The first-order valence-corrected chi connectivity index (χ1v) is 12.9. The average Bonchev–Trinajstić information content (AvgIpc) is 3.33. The second-order valence-corrected chi connectivity index (χ2v) is 10.6. The van der Waals surface area contributed by atoms with Crippen LogP contribution < -0.4 is 10.0 Å². The molecule has 1 fully saturated rings. The van der Waals surface area contributed by atoms with Crippen molar-refractivity contribution in [2.75, 3.05) is 17.9 Å². The summed E-state index contributed by atoms with van der Waals surface area (Å²) >= 11 is 1.43. The third-order valence-corrected chi connectivity index (χ3v) is 7.53. The molecular formula is C24H25N3O4S2. The van der Waals surface area contributed by atoms with Crippen LogP contribution in [0.15, 0.2) is 81.7 Å². The molecule has 1 aliphatic heterocycles. The number of amides is 1. The smallest absolute Gasteiger partial charge is 0.261 e. The Morgan fingerprint density at radius 3 is 2.48 bits per heavy atom. The molecule has 0 spiro atoms. The quantitative estimate of drug-likeness (QED) is 0.497. The van der Waals surface area contributed by atoms with Crippen LogP contribution in [0.5, 0.6) is 0 Å². The van der Waals surface area contributed by atoms with Gasteiger partial charge in [-0.05, 0) is 68.3 Å². The van der Waals surface area contributed by atoms with Gasteiger partial charge in [-0.2, -0.15) is 0 Å². The summed E-state index contributed by atoms with van der Waals surface area (Å²) in [6.07, 6.45) is 3.66. The Hall–Kier alpha value is -2.88. The van der Waals surface area contributed by atoms with Crippen molar-refractivity contribution in [1.29, 1.82) is 0 Å². The number of hydrogen-bond acceptors (Lipinski definition) is 6. The zero-order valence-electron chi connectivity index (χ0n) is 18.2. The van der Waals surface area contributed by atoms with Gasteiger partial charge in [0.15, 0.2) is 0 Å². The van der Waals surface area contributed by atoms with Crippen molar-refractivity contribution in [3.8, 4) is 0 Å². The summed E-state index contributed by atoms with van der Waals surface area (Å²) in [6.45, 7) is 3.17. The molecule has 1 aromatic heterocycles. The fourth-order valence-corrected chi connectivity index (χ4v) is 5.15. The lowest BCUT2D eigenvalue weighted by Crippen LogP contribution is -2.31. The minimum absolute atomic E-state index is 0.0982. The molecule has 9 heteroatoms. The third-order valence-electron chi connectivity index (χ3n) is 5.17. The Kier molecular flexibility index (Phi) is 7.32. The molecule has 0 radical (unpaired) electrons. The lowest BCUT2D eigenvalue weighted by atomic mass is 10.2. The standard InChI is InChI=1S/C24H25N3O4S2/c1-17-4-11-22(12-5-17)33(29,30)27-19-7-9-21(10-8-19)32-23-13-6-18(15-25-23)24(28)26-16-20-3-2-14-31-20/h4-13,15,20,27H,2-3,14,16H2,1H3,(H,26,28)/t20-/m1/s1. The summed E-state index contributed by atoms with van der Waals surface area (Å²) in [6, 6.07) is 17.3. The molecule has 1 amide bonds. The van der Waals surface area contributed by atoms with Crippen molar-refractivity contribution < 1.29 is 17.9 Å². The zero-order valence-corrected chi connectivity index (χ0v) is 19.8. The van der Waals surface area contributed by atoms with Crippen molar-refractivity contribution in [3.05, 3.63) is 78.0 Å². The molecule has 172 valence electrons. The molecule has 0 saturated carbocycles. The maximum atomic E-state index is 12.5. The maximum absolute atomic E-state index is 12.5. The summed E-state index contributed by atoms with van der Waals surface area (Å²) in [7, 11) is -3.64. The summed E-state index contributed by atoms with van der Waals surface area (Å²) in [5.74, 6) is -0.167. The highest BCUT2D eigenvalue weighted by atomic mass is 32.2. The van der Waals surface area contributed by atoms with Crippen LogP contribution in [0.25, 0.3) is 0 Å². The van der Waals surface area contributed by atoms with Crippen LogP contribution >= 0.6 is 11.8 Å². The Morgan fingerprint density at radius 1 is 1.09 bits per heavy atom. The van der Waals surface area contributed by atoms with Gasteiger partial charge in [0, 0.05) is 29.9 Å². The number of sulfonamides is 1. The summed E-state index contributed by atoms with van der Waals surface area (Å²) in [4.78, 5) is 17.8. The number of aryl methyl sites for hydroxylation is 1. The molecule has 7 nitrogen and oxygen atoms in total. The molecule has 0 unspecified atom stereocenters. The Labute approximate surface area is 198 Å². The van der Waals surface area contributed by atoms with E-state index in [1.807, 2.05) is 19.1 Å². The minimum Gasteiger partial charge on any atom is -0.376 e. The van der Waals surface area contributed by atoms with Gasteiger partial charge in [-0.1, -0.05) is 29.5 Å². The highest BCUT2D eigenvalue weighted by molar-refractivity contribution is 7.99. The van der Waals surface area contributed by atoms with Crippen molar-refractivity contribution in [3.63, 3.8) is 0 Å². The predicted octanol–water partition coefficient (Wildman–Crippen LogP) is 4.25. The van der Waals surface area contributed by atoms with Gasteiger partial charge in [0.2, 0.25) is 0 Å². The first kappa shape index (κ1) is 23.3.